The van der Waals surface area contributed by atoms with Crippen molar-refractivity contribution < 1.29 is 0 Å². The van der Waals surface area contributed by atoms with Crippen LogP contribution in [0, 0.1) is 6.92 Å². The Hall–Kier alpha value is -3.07. The van der Waals surface area contributed by atoms with Crippen molar-refractivity contribution in [1.29, 1.82) is 0 Å². The molecule has 0 aliphatic heterocycles. The van der Waals surface area contributed by atoms with Crippen molar-refractivity contribution in [2.75, 3.05) is 5.73 Å². The van der Waals surface area contributed by atoms with E-state index < -0.39 is 0 Å². The summed E-state index contributed by atoms with van der Waals surface area (Å²) >= 11 is 0. The molecule has 3 nitrogen and oxygen atoms in total. The van der Waals surface area contributed by atoms with Crippen molar-refractivity contribution in [3.8, 4) is 0 Å². The number of nitrogens with zero attached hydrogens (tertiary/aromatic N) is 2. The molecule has 0 amide bonds. The Balaban J connectivity index is 1.78. The molecule has 0 fully saturated rings. The summed E-state index contributed by atoms with van der Waals surface area (Å²) in [7, 11) is 0. The van der Waals surface area contributed by atoms with Crippen LogP contribution in [0.4, 0.5) is 5.69 Å². The van der Waals surface area contributed by atoms with Gasteiger partial charge < -0.3 is 10.3 Å². The molecule has 0 saturated carbocycles. The summed E-state index contributed by atoms with van der Waals surface area (Å²) in [5.74, 6) is 1.08. The molecule has 1 heterocycles. The number of hydrogen-bond acceptors (Lipinski definition) is 2. The van der Waals surface area contributed by atoms with Gasteiger partial charge in [0.1, 0.15) is 5.82 Å². The first-order valence-electron chi connectivity index (χ1n) is 8.54. The molecule has 4 rings (SSSR count). The molecule has 0 spiro atoms. The van der Waals surface area contributed by atoms with Crippen molar-refractivity contribution in [2.45, 2.75) is 19.9 Å². The number of imidazole rings is 1. The molecule has 3 aromatic carbocycles. The molecule has 0 saturated heterocycles. The molecule has 0 aliphatic carbocycles. The van der Waals surface area contributed by atoms with Gasteiger partial charge in [-0.05, 0) is 47.9 Å². The number of nitrogen functional groups attached to an aromatic ring is 1. The van der Waals surface area contributed by atoms with Crippen LogP contribution in [0.25, 0.3) is 11.0 Å². The number of para-hydroxylation sites is 2. The average molecular weight is 327 g/mol. The normalized spacial score (nSPS) is 11.1. The monoisotopic (exact) mass is 327 g/mol. The van der Waals surface area contributed by atoms with Gasteiger partial charge in [0.2, 0.25) is 0 Å². The lowest BCUT2D eigenvalue weighted by Gasteiger charge is -2.12. The molecule has 1 aromatic heterocycles. The lowest BCUT2D eigenvalue weighted by Crippen LogP contribution is -2.07. The number of benzene rings is 3. The van der Waals surface area contributed by atoms with E-state index in [4.69, 9.17) is 10.7 Å². The predicted octanol–water partition coefficient (Wildman–Crippen LogP) is 4.57. The molecule has 0 atom stereocenters. The zero-order valence-electron chi connectivity index (χ0n) is 14.3. The molecule has 0 aliphatic rings. The third-order valence-corrected chi connectivity index (χ3v) is 4.67. The maximum absolute atomic E-state index is 5.81. The number of anilines is 1. The molecule has 0 unspecified atom stereocenters. The fourth-order valence-corrected chi connectivity index (χ4v) is 3.21. The molecule has 4 aromatic rings. The van der Waals surface area contributed by atoms with Gasteiger partial charge in [0.15, 0.2) is 0 Å². The highest BCUT2D eigenvalue weighted by Crippen LogP contribution is 2.21. The molecule has 3 heteroatoms. The Morgan fingerprint density at radius 1 is 0.880 bits per heavy atom. The van der Waals surface area contributed by atoms with Gasteiger partial charge in [0.05, 0.1) is 11.0 Å². The van der Waals surface area contributed by atoms with Crippen LogP contribution in [0.1, 0.15) is 22.5 Å². The number of fused-ring (bicyclic) bond motifs is 1. The SMILES string of the molecule is Cc1ccccc1Cn1c(Cc2ccc(N)cc2)nc2ccccc21. The Labute approximate surface area is 147 Å². The first-order valence-corrected chi connectivity index (χ1v) is 8.54. The highest BCUT2D eigenvalue weighted by atomic mass is 15.1. The fourth-order valence-electron chi connectivity index (χ4n) is 3.21. The van der Waals surface area contributed by atoms with Crippen molar-refractivity contribution in [3.63, 3.8) is 0 Å². The fraction of sp³-hybridized carbons (Fsp3) is 0.136. The summed E-state index contributed by atoms with van der Waals surface area (Å²) in [6, 6.07) is 24.9. The van der Waals surface area contributed by atoms with E-state index in [0.717, 1.165) is 30.0 Å². The average Bonchev–Trinajstić information content (AvgIpc) is 2.96. The summed E-state index contributed by atoms with van der Waals surface area (Å²) in [6.07, 6.45) is 0.793. The van der Waals surface area contributed by atoms with Gasteiger partial charge in [-0.1, -0.05) is 48.5 Å². The van der Waals surface area contributed by atoms with Crippen LogP contribution in [-0.2, 0) is 13.0 Å². The summed E-state index contributed by atoms with van der Waals surface area (Å²) in [4.78, 5) is 4.89. The maximum atomic E-state index is 5.81. The molecule has 0 bridgehead atoms. The first-order chi connectivity index (χ1) is 12.2. The molecule has 2 N–H and O–H groups in total. The van der Waals surface area contributed by atoms with Crippen LogP contribution in [0.15, 0.2) is 72.8 Å². The van der Waals surface area contributed by atoms with E-state index in [1.54, 1.807) is 0 Å². The molecular weight excluding hydrogens is 306 g/mol. The van der Waals surface area contributed by atoms with Gasteiger partial charge in [0, 0.05) is 18.7 Å². The molecule has 0 radical (unpaired) electrons. The number of aromatic nitrogens is 2. The lowest BCUT2D eigenvalue weighted by atomic mass is 10.1. The van der Waals surface area contributed by atoms with Crippen LogP contribution >= 0.6 is 0 Å². The van der Waals surface area contributed by atoms with Crippen LogP contribution in [0.3, 0.4) is 0 Å². The summed E-state index contributed by atoms with van der Waals surface area (Å²) in [5.41, 5.74) is 12.7. The second kappa shape index (κ2) is 6.44. The van der Waals surface area contributed by atoms with Gasteiger partial charge in [-0.15, -0.1) is 0 Å². The van der Waals surface area contributed by atoms with Gasteiger partial charge in [-0.2, -0.15) is 0 Å². The summed E-state index contributed by atoms with van der Waals surface area (Å²) in [6.45, 7) is 2.99. The molecule has 124 valence electrons. The zero-order valence-corrected chi connectivity index (χ0v) is 14.3. The van der Waals surface area contributed by atoms with Gasteiger partial charge >= 0.3 is 0 Å². The number of rotatable bonds is 4. The van der Waals surface area contributed by atoms with Crippen LogP contribution in [-0.4, -0.2) is 9.55 Å². The Morgan fingerprint density at radius 3 is 2.40 bits per heavy atom. The minimum absolute atomic E-state index is 0.789. The second-order valence-electron chi connectivity index (χ2n) is 6.45. The topological polar surface area (TPSA) is 43.8 Å². The highest BCUT2D eigenvalue weighted by molar-refractivity contribution is 5.76. The van der Waals surface area contributed by atoms with Gasteiger partial charge in [-0.3, -0.25) is 0 Å². The minimum atomic E-state index is 0.789. The minimum Gasteiger partial charge on any atom is -0.399 e. The van der Waals surface area contributed by atoms with Crippen molar-refractivity contribution in [2.24, 2.45) is 0 Å². The van der Waals surface area contributed by atoms with Crippen molar-refractivity contribution in [1.82, 2.24) is 9.55 Å². The smallest absolute Gasteiger partial charge is 0.114 e. The second-order valence-corrected chi connectivity index (χ2v) is 6.45. The number of hydrogen-bond donors (Lipinski definition) is 1. The van der Waals surface area contributed by atoms with Gasteiger partial charge in [-0.25, -0.2) is 4.98 Å². The van der Waals surface area contributed by atoms with E-state index in [0.29, 0.717) is 0 Å². The van der Waals surface area contributed by atoms with E-state index >= 15 is 0 Å². The zero-order chi connectivity index (χ0) is 17.2. The van der Waals surface area contributed by atoms with E-state index in [9.17, 15) is 0 Å². The quantitative estimate of drug-likeness (QED) is 0.558. The summed E-state index contributed by atoms with van der Waals surface area (Å²) < 4.78 is 2.33. The van der Waals surface area contributed by atoms with Crippen molar-refractivity contribution in [3.05, 3.63) is 95.3 Å². The third kappa shape index (κ3) is 3.13. The Kier molecular flexibility index (Phi) is 3.98. The lowest BCUT2D eigenvalue weighted by molar-refractivity contribution is 0.759. The molecule has 25 heavy (non-hydrogen) atoms. The Bertz CT molecular complexity index is 1010. The standard InChI is InChI=1S/C22H21N3/c1-16-6-2-3-7-18(16)15-25-21-9-5-4-8-20(21)24-22(25)14-17-10-12-19(23)13-11-17/h2-13H,14-15,23H2,1H3. The predicted molar refractivity (Wildman–Crippen MR) is 104 cm³/mol. The van der Waals surface area contributed by atoms with E-state index in [1.807, 2.05) is 18.2 Å². The molecular formula is C22H21N3. The van der Waals surface area contributed by atoms with E-state index in [-0.39, 0.29) is 0 Å². The van der Waals surface area contributed by atoms with E-state index in [2.05, 4.69) is 66.1 Å². The van der Waals surface area contributed by atoms with Crippen LogP contribution in [0.5, 0.6) is 0 Å². The van der Waals surface area contributed by atoms with Gasteiger partial charge in [0.25, 0.3) is 0 Å². The van der Waals surface area contributed by atoms with Crippen LogP contribution < -0.4 is 5.73 Å². The first kappa shape index (κ1) is 15.5. The largest absolute Gasteiger partial charge is 0.399 e. The number of nitrogens with two attached hydrogens (primary N) is 1. The van der Waals surface area contributed by atoms with Crippen LogP contribution in [0.2, 0.25) is 0 Å². The third-order valence-electron chi connectivity index (χ3n) is 4.67. The highest BCUT2D eigenvalue weighted by Gasteiger charge is 2.12. The maximum Gasteiger partial charge on any atom is 0.114 e. The summed E-state index contributed by atoms with van der Waals surface area (Å²) in [5, 5.41) is 0. The van der Waals surface area contributed by atoms with E-state index in [1.165, 1.54) is 22.2 Å². The van der Waals surface area contributed by atoms with Crippen molar-refractivity contribution >= 4 is 16.7 Å². The Morgan fingerprint density at radius 2 is 1.60 bits per heavy atom. The number of aryl methyl sites for hydroxylation is 1.